The van der Waals surface area contributed by atoms with Crippen molar-refractivity contribution >= 4 is 0 Å². The van der Waals surface area contributed by atoms with Crippen LogP contribution in [0.15, 0.2) is 121 Å². The van der Waals surface area contributed by atoms with Gasteiger partial charge in [0, 0.05) is 0 Å². The van der Waals surface area contributed by atoms with Crippen LogP contribution >= 0.6 is 0 Å². The Balaban J connectivity index is 1.38. The largest absolute Gasteiger partial charge is 0.368 e. The summed E-state index contributed by atoms with van der Waals surface area (Å²) in [6, 6.07) is 40.5. The van der Waals surface area contributed by atoms with Crippen molar-refractivity contribution in [1.82, 2.24) is 0 Å². The van der Waals surface area contributed by atoms with Gasteiger partial charge in [-0.25, -0.2) is 0 Å². The second-order valence-corrected chi connectivity index (χ2v) is 9.79. The fraction of sp³-hybridized carbons (Fsp3) is 0.294. The Morgan fingerprint density at radius 1 is 0.436 bits per heavy atom. The molecule has 0 N–H and O–H groups in total. The van der Waals surface area contributed by atoms with Gasteiger partial charge < -0.3 is 23.7 Å². The number of hydrogen-bond acceptors (Lipinski definition) is 5. The van der Waals surface area contributed by atoms with E-state index in [1.54, 1.807) is 0 Å². The third-order valence-corrected chi connectivity index (χ3v) is 6.84. The maximum Gasteiger partial charge on any atom is 0.187 e. The first-order valence-corrected chi connectivity index (χ1v) is 13.5. The van der Waals surface area contributed by atoms with Crippen LogP contribution in [0, 0.1) is 0 Å². The van der Waals surface area contributed by atoms with E-state index in [-0.39, 0.29) is 12.2 Å². The molecule has 0 aliphatic carbocycles. The summed E-state index contributed by atoms with van der Waals surface area (Å²) in [5, 5.41) is 0. The van der Waals surface area contributed by atoms with Gasteiger partial charge >= 0.3 is 0 Å². The quantitative estimate of drug-likeness (QED) is 0.206. The predicted octanol–water partition coefficient (Wildman–Crippen LogP) is 6.70. The Morgan fingerprint density at radius 2 is 0.769 bits per heavy atom. The van der Waals surface area contributed by atoms with Crippen molar-refractivity contribution < 1.29 is 23.7 Å². The number of hydrogen-bond donors (Lipinski definition) is 0. The third-order valence-electron chi connectivity index (χ3n) is 6.84. The van der Waals surface area contributed by atoms with Gasteiger partial charge in [0.2, 0.25) is 0 Å². The van der Waals surface area contributed by atoms with E-state index in [2.05, 4.69) is 36.4 Å². The van der Waals surface area contributed by atoms with Crippen molar-refractivity contribution in [2.75, 3.05) is 0 Å². The Kier molecular flexibility index (Phi) is 9.91. The van der Waals surface area contributed by atoms with E-state index in [0.717, 1.165) is 22.3 Å². The zero-order valence-corrected chi connectivity index (χ0v) is 22.3. The lowest BCUT2D eigenvalue weighted by molar-refractivity contribution is -0.322. The number of ether oxygens (including phenoxy) is 5. The summed E-state index contributed by atoms with van der Waals surface area (Å²) in [6.07, 6.45) is -2.17. The van der Waals surface area contributed by atoms with E-state index < -0.39 is 18.5 Å². The molecule has 0 aromatic heterocycles. The van der Waals surface area contributed by atoms with Crippen LogP contribution in [-0.2, 0) is 50.1 Å². The molecule has 0 saturated carbocycles. The molecule has 0 radical (unpaired) electrons. The molecule has 4 aromatic rings. The van der Waals surface area contributed by atoms with Crippen LogP contribution in [0.2, 0.25) is 0 Å². The van der Waals surface area contributed by atoms with Crippen LogP contribution in [0.1, 0.15) is 29.2 Å². The van der Waals surface area contributed by atoms with Crippen molar-refractivity contribution in [2.24, 2.45) is 0 Å². The summed E-state index contributed by atoms with van der Waals surface area (Å²) in [6.45, 7) is 3.71. The second kappa shape index (κ2) is 14.2. The van der Waals surface area contributed by atoms with Gasteiger partial charge in [-0.05, 0) is 29.2 Å². The lowest BCUT2D eigenvalue weighted by Crippen LogP contribution is -2.60. The standard InChI is InChI=1S/C34H36O5/c1-26-31(35-22-27-14-6-2-7-15-27)32(36-23-28-16-8-3-9-17-28)33(37-24-29-18-10-4-11-19-29)34(39-26)38-25-30-20-12-5-13-21-30/h2-21,26,31-34H,22-25H2,1H3/t26-,31-,32+,33-,34+/m1/s1. The predicted molar refractivity (Wildman–Crippen MR) is 151 cm³/mol. The Bertz CT molecular complexity index is 1220. The summed E-state index contributed by atoms with van der Waals surface area (Å²) >= 11 is 0. The molecule has 1 heterocycles. The van der Waals surface area contributed by atoms with Crippen molar-refractivity contribution in [1.29, 1.82) is 0 Å². The normalized spacial score (nSPS) is 22.9. The molecule has 1 aliphatic heterocycles. The number of benzene rings is 4. The van der Waals surface area contributed by atoms with E-state index in [1.807, 2.05) is 91.9 Å². The lowest BCUT2D eigenvalue weighted by atomic mass is 9.98. The molecule has 5 rings (SSSR count). The van der Waals surface area contributed by atoms with Crippen LogP contribution in [0.25, 0.3) is 0 Å². The van der Waals surface area contributed by atoms with E-state index in [0.29, 0.717) is 26.4 Å². The molecule has 5 atom stereocenters. The molecule has 4 aromatic carbocycles. The topological polar surface area (TPSA) is 46.2 Å². The van der Waals surface area contributed by atoms with E-state index in [9.17, 15) is 0 Å². The molecule has 1 aliphatic rings. The highest BCUT2D eigenvalue weighted by atomic mass is 16.7. The third kappa shape index (κ3) is 7.85. The van der Waals surface area contributed by atoms with Crippen LogP contribution in [0.5, 0.6) is 0 Å². The van der Waals surface area contributed by atoms with E-state index >= 15 is 0 Å². The first-order valence-electron chi connectivity index (χ1n) is 13.5. The van der Waals surface area contributed by atoms with Crippen LogP contribution in [0.3, 0.4) is 0 Å². The molecule has 202 valence electrons. The SMILES string of the molecule is C[C@H]1O[C@H](OCc2ccccc2)[C@H](OCc2ccccc2)[C@@H](OCc2ccccc2)[C@@H]1OCc1ccccc1. The fourth-order valence-electron chi connectivity index (χ4n) is 4.76. The van der Waals surface area contributed by atoms with Crippen LogP contribution in [-0.4, -0.2) is 30.7 Å². The van der Waals surface area contributed by atoms with Crippen LogP contribution in [0.4, 0.5) is 0 Å². The van der Waals surface area contributed by atoms with Gasteiger partial charge in [-0.2, -0.15) is 0 Å². The van der Waals surface area contributed by atoms with Crippen molar-refractivity contribution in [3.05, 3.63) is 144 Å². The Hall–Kier alpha value is -3.32. The molecule has 5 heteroatoms. The molecular weight excluding hydrogens is 488 g/mol. The minimum Gasteiger partial charge on any atom is -0.368 e. The van der Waals surface area contributed by atoms with Gasteiger partial charge in [0.05, 0.1) is 32.5 Å². The maximum absolute atomic E-state index is 6.61. The van der Waals surface area contributed by atoms with Crippen LogP contribution < -0.4 is 0 Å². The molecule has 0 amide bonds. The molecule has 1 fully saturated rings. The zero-order valence-electron chi connectivity index (χ0n) is 22.3. The minimum atomic E-state index is -0.624. The molecule has 5 nitrogen and oxygen atoms in total. The molecular formula is C34H36O5. The first-order chi connectivity index (χ1) is 19.3. The zero-order chi connectivity index (χ0) is 26.7. The number of rotatable bonds is 12. The monoisotopic (exact) mass is 524 g/mol. The minimum absolute atomic E-state index is 0.271. The molecule has 0 unspecified atom stereocenters. The highest BCUT2D eigenvalue weighted by Crippen LogP contribution is 2.31. The lowest BCUT2D eigenvalue weighted by Gasteiger charge is -2.45. The summed E-state index contributed by atoms with van der Waals surface area (Å²) in [5.41, 5.74) is 4.32. The van der Waals surface area contributed by atoms with Gasteiger partial charge in [0.15, 0.2) is 6.29 Å². The highest BCUT2D eigenvalue weighted by Gasteiger charge is 2.47. The van der Waals surface area contributed by atoms with Crippen molar-refractivity contribution in [3.8, 4) is 0 Å². The van der Waals surface area contributed by atoms with Crippen molar-refractivity contribution in [3.63, 3.8) is 0 Å². The molecule has 0 spiro atoms. The average molecular weight is 525 g/mol. The summed E-state index contributed by atoms with van der Waals surface area (Å²) in [5.74, 6) is 0. The van der Waals surface area contributed by atoms with Gasteiger partial charge in [-0.1, -0.05) is 121 Å². The van der Waals surface area contributed by atoms with E-state index in [4.69, 9.17) is 23.7 Å². The summed E-state index contributed by atoms with van der Waals surface area (Å²) < 4.78 is 32.4. The molecule has 39 heavy (non-hydrogen) atoms. The summed E-state index contributed by atoms with van der Waals surface area (Å²) in [7, 11) is 0. The Morgan fingerprint density at radius 3 is 1.18 bits per heavy atom. The van der Waals surface area contributed by atoms with Gasteiger partial charge in [-0.15, -0.1) is 0 Å². The summed E-state index contributed by atoms with van der Waals surface area (Å²) in [4.78, 5) is 0. The maximum atomic E-state index is 6.61. The smallest absolute Gasteiger partial charge is 0.187 e. The van der Waals surface area contributed by atoms with Crippen molar-refractivity contribution in [2.45, 2.75) is 64.1 Å². The van der Waals surface area contributed by atoms with Gasteiger partial charge in [0.25, 0.3) is 0 Å². The first kappa shape index (κ1) is 27.3. The Labute approximate surface area is 231 Å². The second-order valence-electron chi connectivity index (χ2n) is 9.79. The average Bonchev–Trinajstić information content (AvgIpc) is 3.00. The van der Waals surface area contributed by atoms with E-state index in [1.165, 1.54) is 0 Å². The molecule has 1 saturated heterocycles. The highest BCUT2D eigenvalue weighted by molar-refractivity contribution is 5.16. The fourth-order valence-corrected chi connectivity index (χ4v) is 4.76. The van der Waals surface area contributed by atoms with Gasteiger partial charge in [0.1, 0.15) is 18.3 Å². The molecule has 0 bridgehead atoms. The van der Waals surface area contributed by atoms with Gasteiger partial charge in [-0.3, -0.25) is 0 Å².